The second kappa shape index (κ2) is 8.63. The fourth-order valence-electron chi connectivity index (χ4n) is 1.70. The van der Waals surface area contributed by atoms with Crippen LogP contribution in [0.4, 0.5) is 0 Å². The Labute approximate surface area is 138 Å². The smallest absolute Gasteiger partial charge is 0.311 e. The molecule has 1 rings (SSSR count). The molecule has 1 aromatic carbocycles. The van der Waals surface area contributed by atoms with E-state index in [2.05, 4.69) is 15.9 Å². The van der Waals surface area contributed by atoms with E-state index in [0.29, 0.717) is 34.7 Å². The van der Waals surface area contributed by atoms with E-state index in [-0.39, 0.29) is 6.42 Å². The van der Waals surface area contributed by atoms with E-state index in [9.17, 15) is 9.59 Å². The minimum atomic E-state index is -0.958. The number of benzene rings is 1. The number of carbonyl (C=O) groups is 2. The van der Waals surface area contributed by atoms with Gasteiger partial charge in [-0.2, -0.15) is 0 Å². The normalized spacial score (nSPS) is 11.6. The van der Waals surface area contributed by atoms with Crippen molar-refractivity contribution in [2.75, 3.05) is 13.2 Å². The number of nitrogens with two attached hydrogens (primary N) is 1. The number of hydrogen-bond donors (Lipinski definition) is 1. The molecule has 0 spiro atoms. The zero-order valence-corrected chi connectivity index (χ0v) is 14.4. The van der Waals surface area contributed by atoms with Crippen molar-refractivity contribution in [2.24, 2.45) is 5.73 Å². The predicted molar refractivity (Wildman–Crippen MR) is 84.9 cm³/mol. The zero-order chi connectivity index (χ0) is 16.7. The Hall–Kier alpha value is -1.76. The minimum absolute atomic E-state index is 0.00924. The van der Waals surface area contributed by atoms with Gasteiger partial charge in [-0.1, -0.05) is 15.9 Å². The van der Waals surface area contributed by atoms with Gasteiger partial charge in [0.2, 0.25) is 0 Å². The van der Waals surface area contributed by atoms with Crippen LogP contribution in [-0.2, 0) is 20.7 Å². The van der Waals surface area contributed by atoms with Crippen LogP contribution >= 0.6 is 15.9 Å². The first kappa shape index (κ1) is 18.3. The van der Waals surface area contributed by atoms with E-state index in [1.807, 2.05) is 13.8 Å². The van der Waals surface area contributed by atoms with Gasteiger partial charge >= 0.3 is 5.97 Å². The maximum absolute atomic E-state index is 11.8. The molecule has 6 nitrogen and oxygen atoms in total. The summed E-state index contributed by atoms with van der Waals surface area (Å²) >= 11 is 3.39. The third-order valence-electron chi connectivity index (χ3n) is 2.76. The molecule has 1 atom stereocenters. The molecule has 0 aliphatic heterocycles. The third kappa shape index (κ3) is 5.22. The lowest BCUT2D eigenvalue weighted by molar-refractivity contribution is -0.153. The second-order valence-corrected chi connectivity index (χ2v) is 5.32. The maximum atomic E-state index is 11.8. The molecule has 22 heavy (non-hydrogen) atoms. The third-order valence-corrected chi connectivity index (χ3v) is 3.49. The number of carbonyl (C=O) groups excluding carboxylic acids is 2. The number of hydrogen-bond acceptors (Lipinski definition) is 5. The Morgan fingerprint density at radius 1 is 1.18 bits per heavy atom. The fourth-order valence-corrected chi connectivity index (χ4v) is 2.16. The van der Waals surface area contributed by atoms with E-state index >= 15 is 0 Å². The quantitative estimate of drug-likeness (QED) is 0.705. The monoisotopic (exact) mass is 373 g/mol. The molecule has 0 saturated carbocycles. The van der Waals surface area contributed by atoms with Crippen molar-refractivity contribution < 1.29 is 23.8 Å². The van der Waals surface area contributed by atoms with E-state index in [1.54, 1.807) is 12.1 Å². The van der Waals surface area contributed by atoms with E-state index in [4.69, 9.17) is 19.9 Å². The lowest BCUT2D eigenvalue weighted by Gasteiger charge is -2.15. The summed E-state index contributed by atoms with van der Waals surface area (Å²) in [5, 5.41) is 0. The van der Waals surface area contributed by atoms with Crippen molar-refractivity contribution in [3.8, 4) is 11.5 Å². The van der Waals surface area contributed by atoms with Crippen LogP contribution in [0.15, 0.2) is 16.6 Å². The Morgan fingerprint density at radius 2 is 1.73 bits per heavy atom. The van der Waals surface area contributed by atoms with Gasteiger partial charge < -0.3 is 19.9 Å². The first-order valence-electron chi connectivity index (χ1n) is 6.95. The number of primary amides is 1. The Bertz CT molecular complexity index is 547. The second-order valence-electron chi connectivity index (χ2n) is 4.47. The molecule has 0 bridgehead atoms. The Morgan fingerprint density at radius 3 is 2.23 bits per heavy atom. The topological polar surface area (TPSA) is 87.9 Å². The first-order valence-corrected chi connectivity index (χ1v) is 7.75. The molecule has 0 unspecified atom stereocenters. The largest absolute Gasteiger partial charge is 0.490 e. The molecule has 7 heteroatoms. The molecule has 1 aromatic rings. The van der Waals surface area contributed by atoms with Gasteiger partial charge in [-0.15, -0.1) is 0 Å². The van der Waals surface area contributed by atoms with Crippen LogP contribution in [-0.4, -0.2) is 31.2 Å². The van der Waals surface area contributed by atoms with Crippen molar-refractivity contribution in [3.05, 3.63) is 22.2 Å². The van der Waals surface area contributed by atoms with E-state index in [1.165, 1.54) is 6.92 Å². The SMILES string of the molecule is CCOc1cc(Br)c(CC(=O)O[C@H](C)C(N)=O)cc1OCC. The Kier molecular flexibility index (Phi) is 7.17. The summed E-state index contributed by atoms with van der Waals surface area (Å²) in [6.07, 6.45) is -0.967. The van der Waals surface area contributed by atoms with Crippen molar-refractivity contribution in [3.63, 3.8) is 0 Å². The number of ether oxygens (including phenoxy) is 3. The van der Waals surface area contributed by atoms with Gasteiger partial charge in [0.1, 0.15) is 0 Å². The predicted octanol–water partition coefficient (Wildman–Crippen LogP) is 2.21. The molecule has 1 amide bonds. The highest BCUT2D eigenvalue weighted by Crippen LogP contribution is 2.34. The van der Waals surface area contributed by atoms with Crippen LogP contribution in [0.25, 0.3) is 0 Å². The van der Waals surface area contributed by atoms with Crippen molar-refractivity contribution in [2.45, 2.75) is 33.3 Å². The molecule has 0 aliphatic carbocycles. The highest BCUT2D eigenvalue weighted by molar-refractivity contribution is 9.10. The van der Waals surface area contributed by atoms with Crippen LogP contribution in [0.5, 0.6) is 11.5 Å². The first-order chi connectivity index (χ1) is 10.4. The summed E-state index contributed by atoms with van der Waals surface area (Å²) in [7, 11) is 0. The molecule has 0 aromatic heterocycles. The van der Waals surface area contributed by atoms with E-state index in [0.717, 1.165) is 0 Å². The van der Waals surface area contributed by atoms with Crippen LogP contribution in [0.1, 0.15) is 26.3 Å². The lowest BCUT2D eigenvalue weighted by Crippen LogP contribution is -2.31. The fraction of sp³-hybridized carbons (Fsp3) is 0.467. The molecular formula is C15H20BrNO5. The summed E-state index contributed by atoms with van der Waals surface area (Å²) in [5.41, 5.74) is 5.74. The van der Waals surface area contributed by atoms with Crippen molar-refractivity contribution in [1.29, 1.82) is 0 Å². The van der Waals surface area contributed by atoms with Gasteiger partial charge in [-0.25, -0.2) is 0 Å². The molecular weight excluding hydrogens is 354 g/mol. The molecule has 0 aliphatic rings. The molecule has 0 saturated heterocycles. The van der Waals surface area contributed by atoms with Crippen LogP contribution < -0.4 is 15.2 Å². The number of amides is 1. The Balaban J connectivity index is 2.92. The van der Waals surface area contributed by atoms with Gasteiger partial charge in [0.15, 0.2) is 17.6 Å². The molecule has 0 radical (unpaired) electrons. The summed E-state index contributed by atoms with van der Waals surface area (Å²) in [5.74, 6) is -0.0788. The summed E-state index contributed by atoms with van der Waals surface area (Å²) < 4.78 is 16.6. The summed E-state index contributed by atoms with van der Waals surface area (Å²) in [6, 6.07) is 3.46. The molecule has 122 valence electrons. The van der Waals surface area contributed by atoms with Gasteiger partial charge in [0.05, 0.1) is 19.6 Å². The van der Waals surface area contributed by atoms with Crippen LogP contribution in [0.2, 0.25) is 0 Å². The van der Waals surface area contributed by atoms with Crippen LogP contribution in [0.3, 0.4) is 0 Å². The number of halogens is 1. The molecule has 2 N–H and O–H groups in total. The minimum Gasteiger partial charge on any atom is -0.490 e. The average Bonchev–Trinajstić information content (AvgIpc) is 2.44. The summed E-state index contributed by atoms with van der Waals surface area (Å²) in [6.45, 7) is 6.15. The van der Waals surface area contributed by atoms with E-state index < -0.39 is 18.0 Å². The maximum Gasteiger partial charge on any atom is 0.311 e. The van der Waals surface area contributed by atoms with Gasteiger partial charge in [-0.3, -0.25) is 9.59 Å². The van der Waals surface area contributed by atoms with Gasteiger partial charge in [0.25, 0.3) is 5.91 Å². The summed E-state index contributed by atoms with van der Waals surface area (Å²) in [4.78, 5) is 22.7. The standard InChI is InChI=1S/C15H20BrNO5/c1-4-20-12-6-10(11(16)8-13(12)21-5-2)7-14(18)22-9(3)15(17)19/h6,8-9H,4-5,7H2,1-3H3,(H2,17,19)/t9-/m1/s1. The number of rotatable bonds is 8. The van der Waals surface area contributed by atoms with Crippen LogP contribution in [0, 0.1) is 0 Å². The molecule has 0 heterocycles. The lowest BCUT2D eigenvalue weighted by atomic mass is 10.1. The highest BCUT2D eigenvalue weighted by atomic mass is 79.9. The van der Waals surface area contributed by atoms with Crippen molar-refractivity contribution in [1.82, 2.24) is 0 Å². The van der Waals surface area contributed by atoms with Crippen molar-refractivity contribution >= 4 is 27.8 Å². The number of esters is 1. The van der Waals surface area contributed by atoms with Gasteiger partial charge in [0, 0.05) is 4.47 Å². The highest BCUT2D eigenvalue weighted by Gasteiger charge is 2.18. The molecule has 0 fully saturated rings. The zero-order valence-electron chi connectivity index (χ0n) is 12.8. The average molecular weight is 374 g/mol. The van der Waals surface area contributed by atoms with Gasteiger partial charge in [-0.05, 0) is 38.5 Å².